The summed E-state index contributed by atoms with van der Waals surface area (Å²) in [5.74, 6) is -0.621. The molecule has 0 radical (unpaired) electrons. The van der Waals surface area contributed by atoms with Crippen LogP contribution in [0.25, 0.3) is 0 Å². The fourth-order valence-corrected chi connectivity index (χ4v) is 2.88. The Hall–Kier alpha value is -3.41. The number of nitrogens with zero attached hydrogens (tertiary/aromatic N) is 3. The number of hydrogen-bond acceptors (Lipinski definition) is 4. The zero-order valence-corrected chi connectivity index (χ0v) is 15.8. The Kier molecular flexibility index (Phi) is 6.57. The Labute approximate surface area is 164 Å². The van der Waals surface area contributed by atoms with Gasteiger partial charge in [0, 0.05) is 24.5 Å². The molecule has 6 nitrogen and oxygen atoms in total. The summed E-state index contributed by atoms with van der Waals surface area (Å²) < 4.78 is 6.85. The summed E-state index contributed by atoms with van der Waals surface area (Å²) >= 11 is 0. The highest BCUT2D eigenvalue weighted by molar-refractivity contribution is 5.96. The van der Waals surface area contributed by atoms with Gasteiger partial charge in [0.2, 0.25) is 0 Å². The maximum absolute atomic E-state index is 13.0. The van der Waals surface area contributed by atoms with Crippen LogP contribution in [-0.4, -0.2) is 39.7 Å². The fourth-order valence-electron chi connectivity index (χ4n) is 2.88. The first kappa shape index (κ1) is 19.4. The van der Waals surface area contributed by atoms with Crippen LogP contribution in [0.2, 0.25) is 0 Å². The average Bonchev–Trinajstić information content (AvgIpc) is 3.21. The highest BCUT2D eigenvalue weighted by Gasteiger charge is 2.20. The molecule has 0 saturated heterocycles. The minimum atomic E-state index is -0.415. The molecule has 0 bridgehead atoms. The van der Waals surface area contributed by atoms with Gasteiger partial charge in [0.25, 0.3) is 5.91 Å². The predicted molar refractivity (Wildman–Crippen MR) is 106 cm³/mol. The van der Waals surface area contributed by atoms with Crippen molar-refractivity contribution in [3.05, 3.63) is 89.7 Å². The summed E-state index contributed by atoms with van der Waals surface area (Å²) in [7, 11) is 0. The van der Waals surface area contributed by atoms with Crippen LogP contribution in [0.3, 0.4) is 0 Å². The van der Waals surface area contributed by atoms with E-state index in [1.807, 2.05) is 59.4 Å². The molecule has 1 heterocycles. The summed E-state index contributed by atoms with van der Waals surface area (Å²) in [6, 6.07) is 18.8. The van der Waals surface area contributed by atoms with Crippen molar-refractivity contribution in [2.24, 2.45) is 0 Å². The molecule has 0 unspecified atom stereocenters. The number of esters is 1. The molecule has 0 N–H and O–H groups in total. The summed E-state index contributed by atoms with van der Waals surface area (Å²) in [6.07, 6.45) is 3.62. The Morgan fingerprint density at radius 3 is 2.39 bits per heavy atom. The molecule has 0 aliphatic rings. The molecular weight excluding hydrogens is 354 g/mol. The lowest BCUT2D eigenvalue weighted by molar-refractivity contribution is -0.143. The van der Waals surface area contributed by atoms with Gasteiger partial charge in [0.05, 0.1) is 13.2 Å². The van der Waals surface area contributed by atoms with Gasteiger partial charge >= 0.3 is 5.97 Å². The van der Waals surface area contributed by atoms with Crippen molar-refractivity contribution in [1.29, 1.82) is 0 Å². The number of benzene rings is 2. The highest BCUT2D eigenvalue weighted by Crippen LogP contribution is 2.12. The third-order valence-corrected chi connectivity index (χ3v) is 4.23. The molecule has 0 fully saturated rings. The number of ether oxygens (including phenoxy) is 1. The van der Waals surface area contributed by atoms with E-state index in [0.717, 1.165) is 11.1 Å². The number of rotatable bonds is 8. The quantitative estimate of drug-likeness (QED) is 0.566. The van der Waals surface area contributed by atoms with Crippen molar-refractivity contribution in [3.8, 4) is 0 Å². The van der Waals surface area contributed by atoms with Crippen LogP contribution in [0.5, 0.6) is 0 Å². The molecule has 0 spiro atoms. The molecular formula is C22H23N3O3. The second-order valence-electron chi connectivity index (χ2n) is 6.35. The molecule has 6 heteroatoms. The van der Waals surface area contributed by atoms with E-state index in [1.165, 1.54) is 4.90 Å². The molecule has 0 atom stereocenters. The predicted octanol–water partition coefficient (Wildman–Crippen LogP) is 3.14. The zero-order chi connectivity index (χ0) is 19.8. The van der Waals surface area contributed by atoms with Crippen LogP contribution in [0.1, 0.15) is 28.4 Å². The molecule has 0 aliphatic heterocycles. The average molecular weight is 377 g/mol. The zero-order valence-electron chi connectivity index (χ0n) is 15.8. The van der Waals surface area contributed by atoms with Gasteiger partial charge in [-0.2, -0.15) is 5.10 Å². The minimum absolute atomic E-state index is 0.0867. The topological polar surface area (TPSA) is 64.4 Å². The van der Waals surface area contributed by atoms with Crippen LogP contribution in [0.15, 0.2) is 73.1 Å². The lowest BCUT2D eigenvalue weighted by Crippen LogP contribution is -2.36. The van der Waals surface area contributed by atoms with Gasteiger partial charge in [-0.25, -0.2) is 0 Å². The molecule has 0 aliphatic carbocycles. The number of aromatic nitrogens is 2. The number of carbonyl (C=O) groups excluding carboxylic acids is 2. The largest absolute Gasteiger partial charge is 0.465 e. The number of hydrogen-bond donors (Lipinski definition) is 0. The van der Waals surface area contributed by atoms with Gasteiger partial charge in [0.1, 0.15) is 6.54 Å². The van der Waals surface area contributed by atoms with Crippen LogP contribution >= 0.6 is 0 Å². The first-order valence-electron chi connectivity index (χ1n) is 9.21. The Bertz CT molecular complexity index is 891. The lowest BCUT2D eigenvalue weighted by atomic mass is 10.1. The summed E-state index contributed by atoms with van der Waals surface area (Å²) in [4.78, 5) is 26.5. The third-order valence-electron chi connectivity index (χ3n) is 4.23. The van der Waals surface area contributed by atoms with E-state index in [4.69, 9.17) is 4.74 Å². The van der Waals surface area contributed by atoms with E-state index in [2.05, 4.69) is 5.10 Å². The van der Waals surface area contributed by atoms with Gasteiger partial charge in [0.15, 0.2) is 0 Å². The van der Waals surface area contributed by atoms with Crippen molar-refractivity contribution in [2.45, 2.75) is 20.0 Å². The summed E-state index contributed by atoms with van der Waals surface area (Å²) in [5.41, 5.74) is 2.53. The Balaban J connectivity index is 1.74. The van der Waals surface area contributed by atoms with E-state index in [-0.39, 0.29) is 19.1 Å². The third kappa shape index (κ3) is 5.30. The van der Waals surface area contributed by atoms with Crippen molar-refractivity contribution in [2.75, 3.05) is 13.2 Å². The van der Waals surface area contributed by atoms with E-state index < -0.39 is 5.97 Å². The van der Waals surface area contributed by atoms with Crippen molar-refractivity contribution >= 4 is 11.9 Å². The van der Waals surface area contributed by atoms with Gasteiger partial charge < -0.3 is 9.64 Å². The van der Waals surface area contributed by atoms with Crippen LogP contribution in [0, 0.1) is 0 Å². The van der Waals surface area contributed by atoms with Crippen molar-refractivity contribution < 1.29 is 14.3 Å². The highest BCUT2D eigenvalue weighted by atomic mass is 16.5. The van der Waals surface area contributed by atoms with Gasteiger partial charge in [-0.05, 0) is 36.2 Å². The molecule has 1 aromatic heterocycles. The van der Waals surface area contributed by atoms with Gasteiger partial charge in [-0.1, -0.05) is 42.5 Å². The first-order chi connectivity index (χ1) is 13.7. The molecule has 28 heavy (non-hydrogen) atoms. The summed E-state index contributed by atoms with van der Waals surface area (Å²) in [5, 5.41) is 4.18. The minimum Gasteiger partial charge on any atom is -0.465 e. The normalized spacial score (nSPS) is 10.5. The first-order valence-corrected chi connectivity index (χ1v) is 9.21. The second-order valence-corrected chi connectivity index (χ2v) is 6.35. The second kappa shape index (κ2) is 9.50. The fraction of sp³-hybridized carbons (Fsp3) is 0.227. The van der Waals surface area contributed by atoms with Crippen LogP contribution < -0.4 is 0 Å². The monoisotopic (exact) mass is 377 g/mol. The van der Waals surface area contributed by atoms with E-state index in [9.17, 15) is 9.59 Å². The van der Waals surface area contributed by atoms with Crippen molar-refractivity contribution in [1.82, 2.24) is 14.7 Å². The smallest absolute Gasteiger partial charge is 0.325 e. The number of amides is 1. The molecule has 1 amide bonds. The van der Waals surface area contributed by atoms with E-state index in [1.54, 1.807) is 25.3 Å². The maximum Gasteiger partial charge on any atom is 0.325 e. The molecule has 0 saturated carbocycles. The summed E-state index contributed by atoms with van der Waals surface area (Å²) in [6.45, 7) is 2.93. The molecule has 2 aromatic carbocycles. The van der Waals surface area contributed by atoms with E-state index >= 15 is 0 Å². The van der Waals surface area contributed by atoms with Gasteiger partial charge in [-0.3, -0.25) is 14.3 Å². The van der Waals surface area contributed by atoms with Crippen LogP contribution in [0.4, 0.5) is 0 Å². The lowest BCUT2D eigenvalue weighted by Gasteiger charge is -2.22. The van der Waals surface area contributed by atoms with Gasteiger partial charge in [-0.15, -0.1) is 0 Å². The Morgan fingerprint density at radius 1 is 1.00 bits per heavy atom. The SMILES string of the molecule is CCOC(=O)CN(Cc1ccccc1)C(=O)c1ccc(Cn2cccn2)cc1. The number of carbonyl (C=O) groups is 2. The van der Waals surface area contributed by atoms with E-state index in [0.29, 0.717) is 18.7 Å². The van der Waals surface area contributed by atoms with Crippen molar-refractivity contribution in [3.63, 3.8) is 0 Å². The standard InChI is InChI=1S/C22H23N3O3/c1-2-28-21(26)17-24(15-18-7-4-3-5-8-18)22(27)20-11-9-19(10-12-20)16-25-14-6-13-23-25/h3-14H,2,15-17H2,1H3. The molecule has 3 aromatic rings. The maximum atomic E-state index is 13.0. The van der Waals surface area contributed by atoms with Crippen LogP contribution in [-0.2, 0) is 22.6 Å². The molecule has 3 rings (SSSR count). The molecule has 144 valence electrons. The Morgan fingerprint density at radius 2 is 1.75 bits per heavy atom.